The van der Waals surface area contributed by atoms with Crippen molar-refractivity contribution in [3.05, 3.63) is 0 Å². The van der Waals surface area contributed by atoms with Gasteiger partial charge in [0.05, 0.1) is 6.54 Å². The quantitative estimate of drug-likeness (QED) is 0.648. The first-order valence-electron chi connectivity index (χ1n) is 6.24. The Bertz CT molecular complexity index is 191. The van der Waals surface area contributed by atoms with Crippen molar-refractivity contribution >= 4 is 5.91 Å². The lowest BCUT2D eigenvalue weighted by molar-refractivity contribution is -0.120. The van der Waals surface area contributed by atoms with E-state index in [4.69, 9.17) is 0 Å². The van der Waals surface area contributed by atoms with E-state index >= 15 is 0 Å². The average molecular weight is 229 g/mol. The van der Waals surface area contributed by atoms with Crippen molar-refractivity contribution in [2.45, 2.75) is 46.7 Å². The minimum Gasteiger partial charge on any atom is -0.353 e. The minimum absolute atomic E-state index is 0.0707. The van der Waals surface area contributed by atoms with E-state index in [9.17, 15) is 4.79 Å². The lowest BCUT2D eigenvalue weighted by Crippen LogP contribution is -2.44. The van der Waals surface area contributed by atoms with Crippen LogP contribution in [0.4, 0.5) is 0 Å². The zero-order valence-corrected chi connectivity index (χ0v) is 11.3. The Kier molecular flexibility index (Phi) is 8.21. The molecule has 0 aliphatic carbocycles. The number of hydrogen-bond donors (Lipinski definition) is 2. The van der Waals surface area contributed by atoms with E-state index in [0.717, 1.165) is 19.6 Å². The van der Waals surface area contributed by atoms with Crippen LogP contribution in [0.5, 0.6) is 0 Å². The third-order valence-corrected chi connectivity index (χ3v) is 2.49. The molecule has 1 unspecified atom stereocenters. The molecule has 0 heterocycles. The van der Waals surface area contributed by atoms with Crippen molar-refractivity contribution in [2.24, 2.45) is 0 Å². The summed E-state index contributed by atoms with van der Waals surface area (Å²) in [5, 5.41) is 6.10. The standard InChI is InChI=1S/C12H27N3O/c1-6-15(7-2)9-11(5)13-8-12(16)14-10(3)4/h10-11,13H,6-9H2,1-5H3,(H,14,16). The molecule has 0 aliphatic rings. The van der Waals surface area contributed by atoms with Gasteiger partial charge in [-0.3, -0.25) is 4.79 Å². The molecule has 0 radical (unpaired) electrons. The SMILES string of the molecule is CCN(CC)CC(C)NCC(=O)NC(C)C. The Labute approximate surface area is 99.8 Å². The molecular formula is C12H27N3O. The Morgan fingerprint density at radius 2 is 1.75 bits per heavy atom. The largest absolute Gasteiger partial charge is 0.353 e. The normalized spacial score (nSPS) is 13.2. The second kappa shape index (κ2) is 8.53. The van der Waals surface area contributed by atoms with Crippen molar-refractivity contribution in [3.8, 4) is 0 Å². The number of carbonyl (C=O) groups excluding carboxylic acids is 1. The summed E-state index contributed by atoms with van der Waals surface area (Å²) in [6.07, 6.45) is 0. The van der Waals surface area contributed by atoms with Gasteiger partial charge in [-0.25, -0.2) is 0 Å². The number of rotatable bonds is 8. The van der Waals surface area contributed by atoms with E-state index in [0.29, 0.717) is 12.6 Å². The van der Waals surface area contributed by atoms with Gasteiger partial charge in [0.1, 0.15) is 0 Å². The fraction of sp³-hybridized carbons (Fsp3) is 0.917. The predicted octanol–water partition coefficient (Wildman–Crippen LogP) is 0.831. The number of amides is 1. The van der Waals surface area contributed by atoms with Gasteiger partial charge in [0.15, 0.2) is 0 Å². The van der Waals surface area contributed by atoms with Crippen LogP contribution in [0.25, 0.3) is 0 Å². The molecular weight excluding hydrogens is 202 g/mol. The minimum atomic E-state index is 0.0707. The van der Waals surface area contributed by atoms with Gasteiger partial charge in [0, 0.05) is 18.6 Å². The van der Waals surface area contributed by atoms with Crippen molar-refractivity contribution < 1.29 is 4.79 Å². The van der Waals surface area contributed by atoms with E-state index in [-0.39, 0.29) is 11.9 Å². The fourth-order valence-electron chi connectivity index (χ4n) is 1.57. The molecule has 0 aliphatic heterocycles. The van der Waals surface area contributed by atoms with Crippen LogP contribution < -0.4 is 10.6 Å². The molecule has 0 aromatic heterocycles. The van der Waals surface area contributed by atoms with Crippen LogP contribution in [-0.4, -0.2) is 49.1 Å². The molecule has 96 valence electrons. The smallest absolute Gasteiger partial charge is 0.234 e. The first-order valence-corrected chi connectivity index (χ1v) is 6.24. The number of nitrogens with one attached hydrogen (secondary N) is 2. The molecule has 4 nitrogen and oxygen atoms in total. The first-order chi connectivity index (χ1) is 7.49. The van der Waals surface area contributed by atoms with Gasteiger partial charge in [0.2, 0.25) is 5.91 Å². The van der Waals surface area contributed by atoms with Gasteiger partial charge in [-0.2, -0.15) is 0 Å². The Morgan fingerprint density at radius 1 is 1.19 bits per heavy atom. The lowest BCUT2D eigenvalue weighted by Gasteiger charge is -2.23. The van der Waals surface area contributed by atoms with Crippen LogP contribution in [0.3, 0.4) is 0 Å². The summed E-state index contributed by atoms with van der Waals surface area (Å²) in [7, 11) is 0. The summed E-state index contributed by atoms with van der Waals surface area (Å²) < 4.78 is 0. The highest BCUT2D eigenvalue weighted by molar-refractivity contribution is 5.78. The van der Waals surface area contributed by atoms with Crippen molar-refractivity contribution in [1.29, 1.82) is 0 Å². The topological polar surface area (TPSA) is 44.4 Å². The lowest BCUT2D eigenvalue weighted by atomic mass is 10.3. The fourth-order valence-corrected chi connectivity index (χ4v) is 1.57. The first kappa shape index (κ1) is 15.4. The molecule has 1 amide bonds. The molecule has 2 N–H and O–H groups in total. The number of nitrogens with zero attached hydrogens (tertiary/aromatic N) is 1. The van der Waals surface area contributed by atoms with E-state index in [2.05, 4.69) is 36.3 Å². The second-order valence-electron chi connectivity index (χ2n) is 4.49. The van der Waals surface area contributed by atoms with E-state index in [1.807, 2.05) is 13.8 Å². The Balaban J connectivity index is 3.71. The predicted molar refractivity (Wildman–Crippen MR) is 68.5 cm³/mol. The van der Waals surface area contributed by atoms with Gasteiger partial charge in [0.25, 0.3) is 0 Å². The average Bonchev–Trinajstić information content (AvgIpc) is 2.22. The molecule has 0 saturated heterocycles. The number of likely N-dealkylation sites (N-methyl/N-ethyl adjacent to an activating group) is 1. The number of hydrogen-bond acceptors (Lipinski definition) is 3. The van der Waals surface area contributed by atoms with Crippen molar-refractivity contribution in [3.63, 3.8) is 0 Å². The van der Waals surface area contributed by atoms with Crippen LogP contribution in [0.15, 0.2) is 0 Å². The van der Waals surface area contributed by atoms with Gasteiger partial charge in [-0.05, 0) is 33.9 Å². The van der Waals surface area contributed by atoms with Crippen LogP contribution in [0.2, 0.25) is 0 Å². The van der Waals surface area contributed by atoms with Gasteiger partial charge < -0.3 is 15.5 Å². The monoisotopic (exact) mass is 229 g/mol. The highest BCUT2D eigenvalue weighted by Gasteiger charge is 2.08. The maximum Gasteiger partial charge on any atom is 0.234 e. The molecule has 0 spiro atoms. The highest BCUT2D eigenvalue weighted by atomic mass is 16.1. The third kappa shape index (κ3) is 7.65. The second-order valence-corrected chi connectivity index (χ2v) is 4.49. The van der Waals surface area contributed by atoms with E-state index in [1.54, 1.807) is 0 Å². The van der Waals surface area contributed by atoms with E-state index < -0.39 is 0 Å². The van der Waals surface area contributed by atoms with Crippen LogP contribution in [0.1, 0.15) is 34.6 Å². The Morgan fingerprint density at radius 3 is 2.19 bits per heavy atom. The highest BCUT2D eigenvalue weighted by Crippen LogP contribution is 1.91. The summed E-state index contributed by atoms with van der Waals surface area (Å²) in [5.74, 6) is 0.0707. The molecule has 0 aromatic carbocycles. The molecule has 0 rings (SSSR count). The zero-order valence-electron chi connectivity index (χ0n) is 11.3. The third-order valence-electron chi connectivity index (χ3n) is 2.49. The molecule has 16 heavy (non-hydrogen) atoms. The molecule has 0 fully saturated rings. The summed E-state index contributed by atoms with van der Waals surface area (Å²) in [6.45, 7) is 13.9. The van der Waals surface area contributed by atoms with Crippen LogP contribution in [-0.2, 0) is 4.79 Å². The zero-order chi connectivity index (χ0) is 12.6. The Hall–Kier alpha value is -0.610. The maximum absolute atomic E-state index is 11.4. The molecule has 1 atom stereocenters. The molecule has 0 bridgehead atoms. The van der Waals surface area contributed by atoms with Gasteiger partial charge in [-0.1, -0.05) is 13.8 Å². The van der Waals surface area contributed by atoms with Gasteiger partial charge >= 0.3 is 0 Å². The summed E-state index contributed by atoms with van der Waals surface area (Å²) in [4.78, 5) is 13.7. The summed E-state index contributed by atoms with van der Waals surface area (Å²) in [5.41, 5.74) is 0. The van der Waals surface area contributed by atoms with Crippen LogP contribution >= 0.6 is 0 Å². The number of carbonyl (C=O) groups is 1. The van der Waals surface area contributed by atoms with Crippen molar-refractivity contribution in [2.75, 3.05) is 26.2 Å². The van der Waals surface area contributed by atoms with Crippen molar-refractivity contribution in [1.82, 2.24) is 15.5 Å². The summed E-state index contributed by atoms with van der Waals surface area (Å²) in [6, 6.07) is 0.560. The molecule has 0 aromatic rings. The molecule has 4 heteroatoms. The molecule has 0 saturated carbocycles. The summed E-state index contributed by atoms with van der Waals surface area (Å²) >= 11 is 0. The van der Waals surface area contributed by atoms with Gasteiger partial charge in [-0.15, -0.1) is 0 Å². The van der Waals surface area contributed by atoms with Crippen LogP contribution in [0, 0.1) is 0 Å². The maximum atomic E-state index is 11.4. The van der Waals surface area contributed by atoms with E-state index in [1.165, 1.54) is 0 Å².